The van der Waals surface area contributed by atoms with Crippen LogP contribution in [0.25, 0.3) is 0 Å². The molecule has 0 saturated carbocycles. The molecule has 2 heterocycles. The van der Waals surface area contributed by atoms with Crippen molar-refractivity contribution < 1.29 is 9.47 Å². The highest BCUT2D eigenvalue weighted by molar-refractivity contribution is 5.33. The fourth-order valence-electron chi connectivity index (χ4n) is 2.75. The third-order valence-corrected chi connectivity index (χ3v) is 3.78. The van der Waals surface area contributed by atoms with Gasteiger partial charge < -0.3 is 9.47 Å². The summed E-state index contributed by atoms with van der Waals surface area (Å²) < 4.78 is 11.7. The van der Waals surface area contributed by atoms with Crippen LogP contribution in [-0.4, -0.2) is 45.9 Å². The number of aromatic nitrogens is 3. The van der Waals surface area contributed by atoms with E-state index in [1.54, 1.807) is 0 Å². The number of nitrogens with zero attached hydrogens (tertiary/aromatic N) is 3. The van der Waals surface area contributed by atoms with Crippen LogP contribution in [0.2, 0.25) is 0 Å². The largest absolute Gasteiger partial charge is 0.491 e. The quantitative estimate of drug-likeness (QED) is 0.918. The van der Waals surface area contributed by atoms with E-state index in [1.807, 2.05) is 32.9 Å². The highest BCUT2D eigenvalue weighted by Crippen LogP contribution is 2.25. The van der Waals surface area contributed by atoms with Crippen LogP contribution in [-0.2, 0) is 11.3 Å². The van der Waals surface area contributed by atoms with Crippen LogP contribution < -0.4 is 4.74 Å². The first-order chi connectivity index (χ1) is 11.1. The molecule has 1 unspecified atom stereocenters. The summed E-state index contributed by atoms with van der Waals surface area (Å²) in [5, 5.41) is 7.11. The number of benzene rings is 1. The van der Waals surface area contributed by atoms with Crippen molar-refractivity contribution in [3.8, 4) is 5.75 Å². The normalized spacial score (nSPS) is 19.2. The Balaban J connectivity index is 1.68. The van der Waals surface area contributed by atoms with E-state index < -0.39 is 0 Å². The standard InChI is InChI=1S/C17H24N4O2/c1-12(2)23-15-7-5-4-6-14(15)10-21-8-9-22-16(11-21)17-18-13(3)19-20-17/h4-7,12,16H,8-11H2,1-3H3,(H,18,19,20). The van der Waals surface area contributed by atoms with E-state index in [4.69, 9.17) is 9.47 Å². The molecule has 23 heavy (non-hydrogen) atoms. The fourth-order valence-corrected chi connectivity index (χ4v) is 2.75. The molecule has 6 nitrogen and oxygen atoms in total. The predicted molar refractivity (Wildman–Crippen MR) is 87.3 cm³/mol. The number of aryl methyl sites for hydroxylation is 1. The third-order valence-electron chi connectivity index (χ3n) is 3.78. The Labute approximate surface area is 136 Å². The zero-order valence-electron chi connectivity index (χ0n) is 14.0. The molecular weight excluding hydrogens is 292 g/mol. The van der Waals surface area contributed by atoms with Crippen LogP contribution in [0.5, 0.6) is 5.75 Å². The Morgan fingerprint density at radius 2 is 2.22 bits per heavy atom. The Kier molecular flexibility index (Phi) is 4.93. The summed E-state index contributed by atoms with van der Waals surface area (Å²) in [7, 11) is 0. The minimum Gasteiger partial charge on any atom is -0.491 e. The van der Waals surface area contributed by atoms with Gasteiger partial charge in [0.05, 0.1) is 12.7 Å². The lowest BCUT2D eigenvalue weighted by Gasteiger charge is -2.32. The van der Waals surface area contributed by atoms with E-state index in [0.29, 0.717) is 6.61 Å². The summed E-state index contributed by atoms with van der Waals surface area (Å²) in [6.45, 7) is 9.21. The number of rotatable bonds is 5. The van der Waals surface area contributed by atoms with Crippen LogP contribution in [0, 0.1) is 6.92 Å². The highest BCUT2D eigenvalue weighted by atomic mass is 16.5. The number of ether oxygens (including phenoxy) is 2. The molecule has 3 rings (SSSR count). The van der Waals surface area contributed by atoms with Gasteiger partial charge in [-0.2, -0.15) is 5.10 Å². The van der Waals surface area contributed by atoms with Crippen molar-refractivity contribution in [3.63, 3.8) is 0 Å². The average Bonchev–Trinajstić information content (AvgIpc) is 2.96. The second-order valence-corrected chi connectivity index (χ2v) is 6.15. The van der Waals surface area contributed by atoms with Gasteiger partial charge in [-0.15, -0.1) is 0 Å². The summed E-state index contributed by atoms with van der Waals surface area (Å²) in [5.41, 5.74) is 1.20. The van der Waals surface area contributed by atoms with E-state index in [0.717, 1.165) is 37.0 Å². The molecule has 1 N–H and O–H groups in total. The number of morpholine rings is 1. The third kappa shape index (κ3) is 4.09. The lowest BCUT2D eigenvalue weighted by Crippen LogP contribution is -2.38. The summed E-state index contributed by atoms with van der Waals surface area (Å²) in [5.74, 6) is 2.51. The summed E-state index contributed by atoms with van der Waals surface area (Å²) in [4.78, 5) is 6.75. The molecule has 2 aromatic rings. The van der Waals surface area contributed by atoms with Gasteiger partial charge in [0.2, 0.25) is 0 Å². The number of hydrogen-bond acceptors (Lipinski definition) is 5. The fraction of sp³-hybridized carbons (Fsp3) is 0.529. The summed E-state index contributed by atoms with van der Waals surface area (Å²) >= 11 is 0. The molecule has 1 atom stereocenters. The van der Waals surface area contributed by atoms with E-state index in [2.05, 4.69) is 32.2 Å². The van der Waals surface area contributed by atoms with Gasteiger partial charge in [-0.05, 0) is 26.8 Å². The van der Waals surface area contributed by atoms with Gasteiger partial charge in [-0.1, -0.05) is 18.2 Å². The van der Waals surface area contributed by atoms with Crippen molar-refractivity contribution in [2.24, 2.45) is 0 Å². The van der Waals surface area contributed by atoms with Crippen molar-refractivity contribution in [2.75, 3.05) is 19.7 Å². The molecule has 1 aliphatic rings. The van der Waals surface area contributed by atoms with Gasteiger partial charge in [-0.25, -0.2) is 4.98 Å². The minimum absolute atomic E-state index is 0.0770. The maximum absolute atomic E-state index is 5.91. The van der Waals surface area contributed by atoms with Crippen LogP contribution in [0.4, 0.5) is 0 Å². The maximum Gasteiger partial charge on any atom is 0.180 e. The van der Waals surface area contributed by atoms with Crippen LogP contribution in [0.15, 0.2) is 24.3 Å². The first-order valence-corrected chi connectivity index (χ1v) is 8.09. The van der Waals surface area contributed by atoms with Gasteiger partial charge in [0, 0.05) is 25.2 Å². The Morgan fingerprint density at radius 3 is 2.96 bits per heavy atom. The maximum atomic E-state index is 5.91. The molecule has 0 aliphatic carbocycles. The van der Waals surface area contributed by atoms with E-state index in [1.165, 1.54) is 5.56 Å². The summed E-state index contributed by atoms with van der Waals surface area (Å²) in [6, 6.07) is 8.23. The average molecular weight is 316 g/mol. The zero-order chi connectivity index (χ0) is 16.2. The van der Waals surface area contributed by atoms with E-state index in [9.17, 15) is 0 Å². The molecule has 6 heteroatoms. The summed E-state index contributed by atoms with van der Waals surface area (Å²) in [6.07, 6.45) is 0.0942. The lowest BCUT2D eigenvalue weighted by atomic mass is 10.1. The Bertz CT molecular complexity index is 641. The molecular formula is C17H24N4O2. The first kappa shape index (κ1) is 16.0. The highest BCUT2D eigenvalue weighted by Gasteiger charge is 2.25. The lowest BCUT2D eigenvalue weighted by molar-refractivity contribution is -0.0373. The van der Waals surface area contributed by atoms with Crippen molar-refractivity contribution in [1.82, 2.24) is 20.1 Å². The van der Waals surface area contributed by atoms with Gasteiger partial charge in [0.1, 0.15) is 17.7 Å². The number of nitrogens with one attached hydrogen (secondary N) is 1. The van der Waals surface area contributed by atoms with Gasteiger partial charge in [-0.3, -0.25) is 10.00 Å². The molecule has 0 spiro atoms. The zero-order valence-corrected chi connectivity index (χ0v) is 14.0. The van der Waals surface area contributed by atoms with Crippen molar-refractivity contribution in [1.29, 1.82) is 0 Å². The Morgan fingerprint density at radius 1 is 1.39 bits per heavy atom. The number of aromatic amines is 1. The smallest absolute Gasteiger partial charge is 0.180 e. The first-order valence-electron chi connectivity index (χ1n) is 8.09. The molecule has 124 valence electrons. The van der Waals surface area contributed by atoms with Crippen molar-refractivity contribution in [2.45, 2.75) is 39.5 Å². The Hall–Kier alpha value is -1.92. The molecule has 1 saturated heterocycles. The SMILES string of the molecule is Cc1nc(C2CN(Cc3ccccc3OC(C)C)CCO2)n[nH]1. The van der Waals surface area contributed by atoms with Crippen LogP contribution >= 0.6 is 0 Å². The number of H-pyrrole nitrogens is 1. The van der Waals surface area contributed by atoms with Gasteiger partial charge in [0.25, 0.3) is 0 Å². The molecule has 1 aliphatic heterocycles. The topological polar surface area (TPSA) is 63.3 Å². The van der Waals surface area contributed by atoms with Gasteiger partial charge >= 0.3 is 0 Å². The van der Waals surface area contributed by atoms with Crippen LogP contribution in [0.3, 0.4) is 0 Å². The molecule has 1 fully saturated rings. The number of hydrogen-bond donors (Lipinski definition) is 1. The van der Waals surface area contributed by atoms with Crippen molar-refractivity contribution >= 4 is 0 Å². The second kappa shape index (κ2) is 7.10. The van der Waals surface area contributed by atoms with Gasteiger partial charge in [0.15, 0.2) is 5.82 Å². The molecule has 0 radical (unpaired) electrons. The minimum atomic E-state index is -0.0770. The molecule has 1 aromatic carbocycles. The van der Waals surface area contributed by atoms with E-state index in [-0.39, 0.29) is 12.2 Å². The predicted octanol–water partition coefficient (Wildman–Crippen LogP) is 2.47. The molecule has 1 aromatic heterocycles. The van der Waals surface area contributed by atoms with Crippen molar-refractivity contribution in [3.05, 3.63) is 41.5 Å². The number of para-hydroxylation sites is 1. The second-order valence-electron chi connectivity index (χ2n) is 6.15. The molecule has 0 bridgehead atoms. The van der Waals surface area contributed by atoms with Crippen LogP contribution in [0.1, 0.15) is 37.2 Å². The van der Waals surface area contributed by atoms with E-state index >= 15 is 0 Å². The monoisotopic (exact) mass is 316 g/mol. The molecule has 0 amide bonds.